The number of fused-ring (bicyclic) bond motifs is 2. The third-order valence-electron chi connectivity index (χ3n) is 4.88. The molecule has 4 rings (SSSR count). The van der Waals surface area contributed by atoms with Crippen LogP contribution in [0.3, 0.4) is 0 Å². The van der Waals surface area contributed by atoms with Crippen LogP contribution in [0, 0.1) is 11.3 Å². The second-order valence-corrected chi connectivity index (χ2v) is 8.92. The van der Waals surface area contributed by atoms with Crippen LogP contribution < -0.4 is 10.9 Å². The smallest absolute Gasteiger partial charge is 0.261 e. The molecular weight excluding hydrogens is 380 g/mol. The second-order valence-electron chi connectivity index (χ2n) is 6.82. The molecule has 1 atom stereocenters. The first-order valence-corrected chi connectivity index (χ1v) is 10.2. The highest BCUT2D eigenvalue weighted by Crippen LogP contribution is 2.58. The molecule has 0 aliphatic carbocycles. The summed E-state index contributed by atoms with van der Waals surface area (Å²) in [5, 5.41) is 17.1. The van der Waals surface area contributed by atoms with Crippen molar-refractivity contribution in [2.24, 2.45) is 0 Å². The fraction of sp³-hybridized carbons (Fsp3) is 0.278. The maximum absolute atomic E-state index is 12.4. The minimum atomic E-state index is -2.93. The van der Waals surface area contributed by atoms with Gasteiger partial charge in [0.2, 0.25) is 0 Å². The molecule has 0 spiro atoms. The summed E-state index contributed by atoms with van der Waals surface area (Å²) in [6, 6.07) is 8.93. The van der Waals surface area contributed by atoms with Crippen molar-refractivity contribution in [1.29, 1.82) is 5.26 Å². The largest absolute Gasteiger partial charge is 0.338 e. The van der Waals surface area contributed by atoms with E-state index in [-0.39, 0.29) is 18.0 Å². The van der Waals surface area contributed by atoms with Gasteiger partial charge in [0.1, 0.15) is 5.39 Å². The Morgan fingerprint density at radius 1 is 1.43 bits per heavy atom. The molecule has 0 saturated carbocycles. The monoisotopic (exact) mass is 400 g/mol. The standard InChI is InChI=1S/C18H20N6O3S/c1-11(5-7-19)24-14-6-8-20-18(25)16(14)17(22-24)21-13-3-4-15-12(9-13)10-23(2)28(15,26)27/h3-4,6,8-9,11,26-27H,5,10H2,1-2H3,(H,20,25)(H,21,22). The summed E-state index contributed by atoms with van der Waals surface area (Å²) in [4.78, 5) is 15.6. The summed E-state index contributed by atoms with van der Waals surface area (Å²) in [5.74, 6) is 0.388. The molecule has 1 unspecified atom stereocenters. The number of H-pyrrole nitrogens is 1. The van der Waals surface area contributed by atoms with Crippen LogP contribution in [0.5, 0.6) is 0 Å². The predicted octanol–water partition coefficient (Wildman–Crippen LogP) is 3.41. The Kier molecular flexibility index (Phi) is 4.40. The summed E-state index contributed by atoms with van der Waals surface area (Å²) in [6.45, 7) is 2.29. The molecule has 1 aromatic carbocycles. The van der Waals surface area contributed by atoms with Crippen molar-refractivity contribution in [2.75, 3.05) is 12.4 Å². The Morgan fingerprint density at radius 2 is 2.21 bits per heavy atom. The van der Waals surface area contributed by atoms with Crippen LogP contribution in [0.25, 0.3) is 10.9 Å². The molecule has 9 nitrogen and oxygen atoms in total. The van der Waals surface area contributed by atoms with Gasteiger partial charge in [0.25, 0.3) is 5.56 Å². The predicted molar refractivity (Wildman–Crippen MR) is 108 cm³/mol. The highest BCUT2D eigenvalue weighted by Gasteiger charge is 2.32. The zero-order valence-electron chi connectivity index (χ0n) is 15.4. The Morgan fingerprint density at radius 3 is 2.96 bits per heavy atom. The van der Waals surface area contributed by atoms with Gasteiger partial charge in [0.05, 0.1) is 28.9 Å². The molecule has 3 heterocycles. The third-order valence-corrected chi connectivity index (χ3v) is 6.87. The average molecular weight is 400 g/mol. The van der Waals surface area contributed by atoms with E-state index >= 15 is 0 Å². The van der Waals surface area contributed by atoms with Crippen molar-refractivity contribution in [1.82, 2.24) is 19.1 Å². The number of nitrogens with one attached hydrogen (secondary N) is 2. The minimum absolute atomic E-state index is 0.188. The maximum Gasteiger partial charge on any atom is 0.261 e. The van der Waals surface area contributed by atoms with Gasteiger partial charge in [-0.25, -0.2) is 4.31 Å². The Balaban J connectivity index is 1.77. The number of hydrogen-bond donors (Lipinski definition) is 4. The zero-order chi connectivity index (χ0) is 20.1. The fourth-order valence-electron chi connectivity index (χ4n) is 3.42. The molecule has 1 aliphatic heterocycles. The molecular formula is C18H20N6O3S. The van der Waals surface area contributed by atoms with Crippen molar-refractivity contribution in [3.05, 3.63) is 46.4 Å². The minimum Gasteiger partial charge on any atom is -0.338 e. The molecule has 1 aliphatic rings. The SMILES string of the molecule is CC(CC#N)n1nc(Nc2ccc3c(c2)CN(C)S3(O)O)c2c(=O)[nH]ccc21. The van der Waals surface area contributed by atoms with E-state index in [0.29, 0.717) is 33.8 Å². The van der Waals surface area contributed by atoms with Crippen molar-refractivity contribution in [3.63, 3.8) is 0 Å². The van der Waals surface area contributed by atoms with Gasteiger partial charge >= 0.3 is 0 Å². The quantitative estimate of drug-likeness (QED) is 0.528. The molecule has 0 amide bonds. The summed E-state index contributed by atoms with van der Waals surface area (Å²) in [7, 11) is -1.27. The van der Waals surface area contributed by atoms with Crippen molar-refractivity contribution >= 4 is 33.2 Å². The van der Waals surface area contributed by atoms with Crippen molar-refractivity contribution in [3.8, 4) is 6.07 Å². The highest BCUT2D eigenvalue weighted by molar-refractivity contribution is 8.22. The number of rotatable bonds is 4. The zero-order valence-corrected chi connectivity index (χ0v) is 16.2. The van der Waals surface area contributed by atoms with Gasteiger partial charge in [-0.05, 0) is 36.8 Å². The number of benzene rings is 1. The van der Waals surface area contributed by atoms with E-state index in [9.17, 15) is 13.9 Å². The second kappa shape index (κ2) is 6.65. The van der Waals surface area contributed by atoms with Gasteiger partial charge in [0, 0.05) is 25.5 Å². The third kappa shape index (κ3) is 2.85. The van der Waals surface area contributed by atoms with Crippen LogP contribution in [-0.4, -0.2) is 35.2 Å². The lowest BCUT2D eigenvalue weighted by Gasteiger charge is -2.34. The molecule has 28 heavy (non-hydrogen) atoms. The molecule has 0 saturated heterocycles. The van der Waals surface area contributed by atoms with Crippen LogP contribution in [-0.2, 0) is 6.54 Å². The van der Waals surface area contributed by atoms with Crippen molar-refractivity contribution in [2.45, 2.75) is 30.8 Å². The Bertz CT molecular complexity index is 1160. The topological polar surface area (TPSA) is 130 Å². The van der Waals surface area contributed by atoms with E-state index in [2.05, 4.69) is 21.5 Å². The van der Waals surface area contributed by atoms with Crippen LogP contribution in [0.2, 0.25) is 0 Å². The normalized spacial score (nSPS) is 17.8. The van der Waals surface area contributed by atoms with Crippen LogP contribution in [0.15, 0.2) is 40.2 Å². The lowest BCUT2D eigenvalue weighted by molar-refractivity contribution is 0.399. The van der Waals surface area contributed by atoms with Gasteiger partial charge < -0.3 is 10.3 Å². The lowest BCUT2D eigenvalue weighted by atomic mass is 10.2. The summed E-state index contributed by atoms with van der Waals surface area (Å²) < 4.78 is 23.7. The summed E-state index contributed by atoms with van der Waals surface area (Å²) >= 11 is 0. The van der Waals surface area contributed by atoms with E-state index in [0.717, 1.165) is 5.56 Å². The number of nitriles is 1. The number of anilines is 2. The lowest BCUT2D eigenvalue weighted by Crippen LogP contribution is -2.15. The summed E-state index contributed by atoms with van der Waals surface area (Å²) in [5.41, 5.74) is 1.87. The number of nitrogens with zero attached hydrogens (tertiary/aromatic N) is 4. The first kappa shape index (κ1) is 18.5. The number of pyridine rings is 1. The number of aromatic amines is 1. The maximum atomic E-state index is 12.4. The number of hydrogen-bond acceptors (Lipinski definition) is 7. The van der Waals surface area contributed by atoms with E-state index in [1.54, 1.807) is 36.1 Å². The molecule has 10 heteroatoms. The molecule has 2 aromatic heterocycles. The molecule has 4 N–H and O–H groups in total. The molecule has 0 radical (unpaired) electrons. The van der Waals surface area contributed by atoms with Gasteiger partial charge in [0.15, 0.2) is 5.82 Å². The van der Waals surface area contributed by atoms with Crippen LogP contribution in [0.4, 0.5) is 11.5 Å². The van der Waals surface area contributed by atoms with Gasteiger partial charge in [-0.15, -0.1) is 10.8 Å². The van der Waals surface area contributed by atoms with Gasteiger partial charge in [-0.1, -0.05) is 0 Å². The molecule has 3 aromatic rings. The molecule has 146 valence electrons. The fourth-order valence-corrected chi connectivity index (χ4v) is 4.80. The van der Waals surface area contributed by atoms with Crippen molar-refractivity contribution < 1.29 is 9.11 Å². The van der Waals surface area contributed by atoms with E-state index in [4.69, 9.17) is 5.26 Å². The first-order valence-electron chi connectivity index (χ1n) is 8.69. The molecule has 0 bridgehead atoms. The van der Waals surface area contributed by atoms with Gasteiger partial charge in [-0.3, -0.25) is 18.6 Å². The van der Waals surface area contributed by atoms with E-state index in [1.165, 1.54) is 4.31 Å². The van der Waals surface area contributed by atoms with E-state index < -0.39 is 10.8 Å². The molecule has 0 fully saturated rings. The Labute approximate surface area is 162 Å². The van der Waals surface area contributed by atoms with Gasteiger partial charge in [-0.2, -0.15) is 10.4 Å². The Hall–Kier alpha value is -2.84. The highest BCUT2D eigenvalue weighted by atomic mass is 32.3. The van der Waals surface area contributed by atoms with Crippen LogP contribution in [0.1, 0.15) is 24.9 Å². The average Bonchev–Trinajstić information content (AvgIpc) is 3.11. The summed E-state index contributed by atoms with van der Waals surface area (Å²) in [6.07, 6.45) is 1.83. The number of aromatic nitrogens is 3. The van der Waals surface area contributed by atoms with Crippen LogP contribution >= 0.6 is 10.8 Å². The van der Waals surface area contributed by atoms with E-state index in [1.807, 2.05) is 13.0 Å². The first-order chi connectivity index (χ1) is 13.3.